The molecule has 20 heavy (non-hydrogen) atoms. The van der Waals surface area contributed by atoms with Crippen molar-refractivity contribution in [2.75, 3.05) is 18.0 Å². The zero-order valence-electron chi connectivity index (χ0n) is 11.8. The highest BCUT2D eigenvalue weighted by Gasteiger charge is 2.27. The molecule has 1 saturated heterocycles. The fraction of sp³-hybridized carbons (Fsp3) is 0.714. The third-order valence-corrected chi connectivity index (χ3v) is 5.20. The predicted octanol–water partition coefficient (Wildman–Crippen LogP) is 1.59. The summed E-state index contributed by atoms with van der Waals surface area (Å²) in [5, 5.41) is 4.33. The van der Waals surface area contributed by atoms with Gasteiger partial charge in [0, 0.05) is 25.7 Å². The Balaban J connectivity index is 1.83. The molecule has 6 heteroatoms. The molecule has 5 nitrogen and oxygen atoms in total. The molecule has 1 aromatic heterocycles. The lowest BCUT2D eigenvalue weighted by Gasteiger charge is -2.36. The first-order valence-corrected chi connectivity index (χ1v) is 8.11. The summed E-state index contributed by atoms with van der Waals surface area (Å²) in [6.07, 6.45) is 5.29. The molecule has 3 rings (SSSR count). The number of hydrogen-bond acceptors (Lipinski definition) is 4. The number of nitrogens with two attached hydrogens (primary N) is 1. The van der Waals surface area contributed by atoms with E-state index in [0.29, 0.717) is 16.3 Å². The van der Waals surface area contributed by atoms with Crippen molar-refractivity contribution in [3.8, 4) is 0 Å². The summed E-state index contributed by atoms with van der Waals surface area (Å²) in [5.41, 5.74) is 6.99. The van der Waals surface area contributed by atoms with Gasteiger partial charge in [-0.1, -0.05) is 6.92 Å². The second-order valence-corrected chi connectivity index (χ2v) is 6.94. The van der Waals surface area contributed by atoms with Crippen molar-refractivity contribution in [1.29, 1.82) is 0 Å². The standard InChI is InChI=1S/C14H21BrN4O/c1-9-4-5-18(8-11(9)16)12-6-17-19(7-10-2-3-10)14(20)13(12)15/h6,9-11H,2-5,7-8,16H2,1H3. The van der Waals surface area contributed by atoms with Crippen LogP contribution in [0.4, 0.5) is 5.69 Å². The summed E-state index contributed by atoms with van der Waals surface area (Å²) >= 11 is 3.46. The van der Waals surface area contributed by atoms with Crippen molar-refractivity contribution in [3.63, 3.8) is 0 Å². The van der Waals surface area contributed by atoms with E-state index >= 15 is 0 Å². The van der Waals surface area contributed by atoms with Crippen molar-refractivity contribution in [3.05, 3.63) is 21.0 Å². The van der Waals surface area contributed by atoms with E-state index in [2.05, 4.69) is 32.9 Å². The predicted molar refractivity (Wildman–Crippen MR) is 82.9 cm³/mol. The van der Waals surface area contributed by atoms with Gasteiger partial charge in [0.05, 0.1) is 11.9 Å². The number of piperidine rings is 1. The second kappa shape index (κ2) is 5.48. The number of rotatable bonds is 3. The normalized spacial score (nSPS) is 26.9. The number of aromatic nitrogens is 2. The highest BCUT2D eigenvalue weighted by Crippen LogP contribution is 2.31. The van der Waals surface area contributed by atoms with Crippen LogP contribution in [0.2, 0.25) is 0 Å². The zero-order chi connectivity index (χ0) is 14.3. The average molecular weight is 341 g/mol. The molecule has 2 aliphatic rings. The summed E-state index contributed by atoms with van der Waals surface area (Å²) in [7, 11) is 0. The maximum atomic E-state index is 12.3. The van der Waals surface area contributed by atoms with Crippen LogP contribution >= 0.6 is 15.9 Å². The molecule has 2 unspecified atom stereocenters. The molecule has 1 aliphatic carbocycles. The Labute approximate surface area is 127 Å². The van der Waals surface area contributed by atoms with Crippen LogP contribution in [0.3, 0.4) is 0 Å². The first-order chi connectivity index (χ1) is 9.56. The lowest BCUT2D eigenvalue weighted by molar-refractivity contribution is 0.378. The lowest BCUT2D eigenvalue weighted by atomic mass is 9.94. The topological polar surface area (TPSA) is 64.2 Å². The van der Waals surface area contributed by atoms with Gasteiger partial charge in [0.15, 0.2) is 0 Å². The summed E-state index contributed by atoms with van der Waals surface area (Å²) in [6.45, 7) is 4.64. The molecule has 0 spiro atoms. The average Bonchev–Trinajstić information content (AvgIpc) is 3.23. The van der Waals surface area contributed by atoms with Gasteiger partial charge in [-0.05, 0) is 47.0 Å². The molecule has 0 bridgehead atoms. The van der Waals surface area contributed by atoms with E-state index in [9.17, 15) is 4.79 Å². The van der Waals surface area contributed by atoms with Crippen molar-refractivity contribution in [1.82, 2.24) is 9.78 Å². The van der Waals surface area contributed by atoms with E-state index in [1.165, 1.54) is 12.8 Å². The van der Waals surface area contributed by atoms with E-state index in [0.717, 1.165) is 31.7 Å². The molecule has 2 atom stereocenters. The molecule has 2 N–H and O–H groups in total. The van der Waals surface area contributed by atoms with Crippen molar-refractivity contribution < 1.29 is 0 Å². The summed E-state index contributed by atoms with van der Waals surface area (Å²) in [4.78, 5) is 14.5. The van der Waals surface area contributed by atoms with Gasteiger partial charge in [-0.2, -0.15) is 5.10 Å². The minimum atomic E-state index is -0.0263. The van der Waals surface area contributed by atoms with Gasteiger partial charge in [-0.15, -0.1) is 0 Å². The molecular formula is C14H21BrN4O. The smallest absolute Gasteiger partial charge is 0.283 e. The Morgan fingerprint density at radius 1 is 1.45 bits per heavy atom. The number of nitrogens with zero attached hydrogens (tertiary/aromatic N) is 3. The van der Waals surface area contributed by atoms with Crippen LogP contribution in [0.5, 0.6) is 0 Å². The molecule has 0 amide bonds. The monoisotopic (exact) mass is 340 g/mol. The third kappa shape index (κ3) is 2.76. The van der Waals surface area contributed by atoms with Crippen LogP contribution < -0.4 is 16.2 Å². The minimum absolute atomic E-state index is 0.0263. The van der Waals surface area contributed by atoms with Gasteiger partial charge >= 0.3 is 0 Å². The Morgan fingerprint density at radius 3 is 2.85 bits per heavy atom. The van der Waals surface area contributed by atoms with Crippen LogP contribution in [-0.2, 0) is 6.54 Å². The lowest BCUT2D eigenvalue weighted by Crippen LogP contribution is -2.48. The third-order valence-electron chi connectivity index (χ3n) is 4.45. The van der Waals surface area contributed by atoms with Crippen molar-refractivity contribution in [2.45, 2.75) is 38.8 Å². The van der Waals surface area contributed by atoms with Crippen LogP contribution in [0, 0.1) is 11.8 Å². The Kier molecular flexibility index (Phi) is 3.86. The van der Waals surface area contributed by atoms with E-state index in [4.69, 9.17) is 5.73 Å². The SMILES string of the molecule is CC1CCN(c2cnn(CC3CC3)c(=O)c2Br)CC1N. The fourth-order valence-corrected chi connectivity index (χ4v) is 3.23. The largest absolute Gasteiger partial charge is 0.368 e. The number of halogens is 1. The molecular weight excluding hydrogens is 320 g/mol. The first kappa shape index (κ1) is 14.1. The van der Waals surface area contributed by atoms with Crippen LogP contribution in [0.15, 0.2) is 15.5 Å². The summed E-state index contributed by atoms with van der Waals surface area (Å²) < 4.78 is 2.20. The molecule has 1 aromatic rings. The van der Waals surface area contributed by atoms with E-state index in [-0.39, 0.29) is 11.6 Å². The van der Waals surface area contributed by atoms with Gasteiger partial charge in [-0.25, -0.2) is 4.68 Å². The van der Waals surface area contributed by atoms with Crippen LogP contribution in [0.25, 0.3) is 0 Å². The van der Waals surface area contributed by atoms with E-state index in [1.54, 1.807) is 10.9 Å². The molecule has 2 fully saturated rings. The number of hydrogen-bond donors (Lipinski definition) is 1. The van der Waals surface area contributed by atoms with Gasteiger partial charge in [0.2, 0.25) is 0 Å². The van der Waals surface area contributed by atoms with Crippen molar-refractivity contribution >= 4 is 21.6 Å². The summed E-state index contributed by atoms with van der Waals surface area (Å²) in [6, 6.07) is 0.157. The van der Waals surface area contributed by atoms with Crippen LogP contribution in [0.1, 0.15) is 26.2 Å². The Hall–Kier alpha value is -0.880. The Bertz CT molecular complexity index is 555. The van der Waals surface area contributed by atoms with E-state index in [1.807, 2.05) is 0 Å². The molecule has 0 radical (unpaired) electrons. The maximum Gasteiger partial charge on any atom is 0.283 e. The molecule has 1 aliphatic heterocycles. The quantitative estimate of drug-likeness (QED) is 0.907. The van der Waals surface area contributed by atoms with Gasteiger partial charge in [0.25, 0.3) is 5.56 Å². The molecule has 1 saturated carbocycles. The minimum Gasteiger partial charge on any atom is -0.368 e. The summed E-state index contributed by atoms with van der Waals surface area (Å²) in [5.74, 6) is 1.18. The fourth-order valence-electron chi connectivity index (χ4n) is 2.67. The molecule has 2 heterocycles. The molecule has 0 aromatic carbocycles. The van der Waals surface area contributed by atoms with Gasteiger partial charge in [0.1, 0.15) is 4.47 Å². The highest BCUT2D eigenvalue weighted by molar-refractivity contribution is 9.10. The van der Waals surface area contributed by atoms with E-state index < -0.39 is 0 Å². The van der Waals surface area contributed by atoms with Crippen LogP contribution in [-0.4, -0.2) is 28.9 Å². The maximum absolute atomic E-state index is 12.3. The molecule has 110 valence electrons. The number of anilines is 1. The second-order valence-electron chi connectivity index (χ2n) is 6.15. The highest BCUT2D eigenvalue weighted by atomic mass is 79.9. The van der Waals surface area contributed by atoms with Crippen molar-refractivity contribution in [2.24, 2.45) is 17.6 Å². The zero-order valence-corrected chi connectivity index (χ0v) is 13.3. The Morgan fingerprint density at radius 2 is 2.20 bits per heavy atom. The van der Waals surface area contributed by atoms with Gasteiger partial charge in [-0.3, -0.25) is 4.79 Å². The van der Waals surface area contributed by atoms with Gasteiger partial charge < -0.3 is 10.6 Å². The first-order valence-electron chi connectivity index (χ1n) is 7.32.